The zero-order valence-electron chi connectivity index (χ0n) is 16.0. The van der Waals surface area contributed by atoms with Gasteiger partial charge in [0.15, 0.2) is 0 Å². The van der Waals surface area contributed by atoms with Crippen LogP contribution in [0.5, 0.6) is 0 Å². The van der Waals surface area contributed by atoms with E-state index in [2.05, 4.69) is 16.0 Å². The Balaban J connectivity index is 1.81. The van der Waals surface area contributed by atoms with Crippen molar-refractivity contribution in [2.24, 2.45) is 5.92 Å². The minimum absolute atomic E-state index is 0.0864. The smallest absolute Gasteiger partial charge is 0.407 e. The molecule has 0 spiro atoms. The van der Waals surface area contributed by atoms with Crippen LogP contribution in [-0.2, 0) is 14.3 Å². The molecule has 0 saturated heterocycles. The Morgan fingerprint density at radius 3 is 2.33 bits per heavy atom. The van der Waals surface area contributed by atoms with E-state index in [0.717, 1.165) is 12.8 Å². The lowest BCUT2D eigenvalue weighted by Crippen LogP contribution is -2.34. The fraction of sp³-hybridized carbons (Fsp3) is 0.450. The number of hydrogen-bond donors (Lipinski definition) is 3. The van der Waals surface area contributed by atoms with Gasteiger partial charge >= 0.3 is 6.09 Å². The standard InChI is InChI=1S/C20H27N3O4/c1-20(2,3)27-19(26)21-13-12-18(25)23-16-7-5-4-6-15(16)22-17(24)11-10-14-8-9-14/h4-7,10-11,14H,8-9,12-13H2,1-3H3,(H,21,26)(H,22,24)(H,23,25)/b11-10+. The highest BCUT2D eigenvalue weighted by Crippen LogP contribution is 2.30. The van der Waals surface area contributed by atoms with Crippen LogP contribution in [0, 0.1) is 5.92 Å². The fourth-order valence-electron chi connectivity index (χ4n) is 2.19. The van der Waals surface area contributed by atoms with Crippen molar-refractivity contribution < 1.29 is 19.1 Å². The van der Waals surface area contributed by atoms with Crippen LogP contribution in [0.1, 0.15) is 40.0 Å². The summed E-state index contributed by atoms with van der Waals surface area (Å²) in [6.45, 7) is 5.46. The number of hydrogen-bond acceptors (Lipinski definition) is 4. The van der Waals surface area contributed by atoms with E-state index < -0.39 is 11.7 Å². The fourth-order valence-corrected chi connectivity index (χ4v) is 2.19. The lowest BCUT2D eigenvalue weighted by molar-refractivity contribution is -0.116. The van der Waals surface area contributed by atoms with Crippen LogP contribution < -0.4 is 16.0 Å². The molecule has 3 N–H and O–H groups in total. The van der Waals surface area contributed by atoms with Gasteiger partial charge in [-0.05, 0) is 57.7 Å². The number of rotatable bonds is 7. The Bertz CT molecular complexity index is 718. The van der Waals surface area contributed by atoms with Gasteiger partial charge in [0.25, 0.3) is 0 Å². The molecule has 1 aromatic rings. The largest absolute Gasteiger partial charge is 0.444 e. The topological polar surface area (TPSA) is 96.5 Å². The Hall–Kier alpha value is -2.83. The minimum Gasteiger partial charge on any atom is -0.444 e. The third-order valence-corrected chi connectivity index (χ3v) is 3.62. The number of ether oxygens (including phenoxy) is 1. The zero-order chi connectivity index (χ0) is 19.9. The second-order valence-corrected chi connectivity index (χ2v) is 7.46. The van der Waals surface area contributed by atoms with Gasteiger partial charge in [-0.1, -0.05) is 18.2 Å². The molecule has 1 aliphatic rings. The van der Waals surface area contributed by atoms with Crippen LogP contribution in [0.15, 0.2) is 36.4 Å². The molecule has 0 aromatic heterocycles. The van der Waals surface area contributed by atoms with Crippen molar-refractivity contribution in [1.82, 2.24) is 5.32 Å². The van der Waals surface area contributed by atoms with E-state index in [4.69, 9.17) is 4.74 Å². The van der Waals surface area contributed by atoms with Gasteiger partial charge in [0.05, 0.1) is 11.4 Å². The van der Waals surface area contributed by atoms with Crippen molar-refractivity contribution in [3.8, 4) is 0 Å². The number of carbonyl (C=O) groups excluding carboxylic acids is 3. The molecule has 7 nitrogen and oxygen atoms in total. The molecule has 2 rings (SSSR count). The SMILES string of the molecule is CC(C)(C)OC(=O)NCCC(=O)Nc1ccccc1NC(=O)/C=C/C1CC1. The summed E-state index contributed by atoms with van der Waals surface area (Å²) in [5.74, 6) is 0.0136. The Morgan fingerprint density at radius 2 is 1.74 bits per heavy atom. The number of nitrogens with one attached hydrogen (secondary N) is 3. The van der Waals surface area contributed by atoms with Gasteiger partial charge in [-0.25, -0.2) is 4.79 Å². The Labute approximate surface area is 159 Å². The molecule has 0 radical (unpaired) electrons. The summed E-state index contributed by atoms with van der Waals surface area (Å²) in [6, 6.07) is 6.97. The van der Waals surface area contributed by atoms with E-state index in [1.807, 2.05) is 6.08 Å². The highest BCUT2D eigenvalue weighted by Gasteiger charge is 2.18. The van der Waals surface area contributed by atoms with Crippen molar-refractivity contribution in [3.63, 3.8) is 0 Å². The molecule has 1 aromatic carbocycles. The van der Waals surface area contributed by atoms with E-state index in [-0.39, 0.29) is 24.8 Å². The molecule has 3 amide bonds. The van der Waals surface area contributed by atoms with Crippen molar-refractivity contribution >= 4 is 29.3 Å². The summed E-state index contributed by atoms with van der Waals surface area (Å²) in [4.78, 5) is 35.7. The second-order valence-electron chi connectivity index (χ2n) is 7.46. The number of allylic oxidation sites excluding steroid dienone is 1. The predicted octanol–water partition coefficient (Wildman–Crippen LogP) is 3.44. The summed E-state index contributed by atoms with van der Waals surface area (Å²) in [5, 5.41) is 8.05. The minimum atomic E-state index is -0.586. The van der Waals surface area contributed by atoms with Crippen molar-refractivity contribution in [3.05, 3.63) is 36.4 Å². The molecule has 27 heavy (non-hydrogen) atoms. The van der Waals surface area contributed by atoms with Gasteiger partial charge in [0, 0.05) is 13.0 Å². The lowest BCUT2D eigenvalue weighted by atomic mass is 10.2. The van der Waals surface area contributed by atoms with E-state index in [0.29, 0.717) is 17.3 Å². The Kier molecular flexibility index (Phi) is 6.98. The molecule has 7 heteroatoms. The van der Waals surface area contributed by atoms with Crippen molar-refractivity contribution in [2.45, 2.75) is 45.6 Å². The summed E-state index contributed by atoms with van der Waals surface area (Å²) in [7, 11) is 0. The number of amides is 3. The molecule has 0 atom stereocenters. The number of alkyl carbamates (subject to hydrolysis) is 1. The van der Waals surface area contributed by atoms with Gasteiger partial charge in [-0.3, -0.25) is 9.59 Å². The molecule has 0 bridgehead atoms. The Morgan fingerprint density at radius 1 is 1.11 bits per heavy atom. The van der Waals surface area contributed by atoms with Gasteiger partial charge in [0.2, 0.25) is 11.8 Å². The van der Waals surface area contributed by atoms with Crippen LogP contribution in [-0.4, -0.2) is 30.1 Å². The van der Waals surface area contributed by atoms with Crippen LogP contribution >= 0.6 is 0 Å². The average molecular weight is 373 g/mol. The summed E-state index contributed by atoms with van der Waals surface area (Å²) in [5.41, 5.74) is 0.446. The molecule has 1 fully saturated rings. The first-order chi connectivity index (χ1) is 12.7. The second kappa shape index (κ2) is 9.21. The monoisotopic (exact) mass is 373 g/mol. The first-order valence-electron chi connectivity index (χ1n) is 9.08. The molecule has 1 saturated carbocycles. The molecule has 0 aliphatic heterocycles. The number of anilines is 2. The molecule has 146 valence electrons. The number of para-hydroxylation sites is 2. The van der Waals surface area contributed by atoms with Gasteiger partial charge in [0.1, 0.15) is 5.60 Å². The van der Waals surface area contributed by atoms with E-state index in [1.54, 1.807) is 45.0 Å². The molecule has 0 heterocycles. The predicted molar refractivity (Wildman–Crippen MR) is 104 cm³/mol. The van der Waals surface area contributed by atoms with E-state index in [1.165, 1.54) is 6.08 Å². The van der Waals surface area contributed by atoms with Crippen molar-refractivity contribution in [1.29, 1.82) is 0 Å². The third-order valence-electron chi connectivity index (χ3n) is 3.62. The molecule has 0 unspecified atom stereocenters. The first-order valence-corrected chi connectivity index (χ1v) is 9.08. The van der Waals surface area contributed by atoms with Gasteiger partial charge < -0.3 is 20.7 Å². The maximum Gasteiger partial charge on any atom is 0.407 e. The maximum absolute atomic E-state index is 12.1. The number of benzene rings is 1. The highest BCUT2D eigenvalue weighted by atomic mass is 16.6. The summed E-state index contributed by atoms with van der Waals surface area (Å²) < 4.78 is 5.11. The molecular formula is C20H27N3O4. The van der Waals surface area contributed by atoms with Crippen LogP contribution in [0.2, 0.25) is 0 Å². The normalized spacial score (nSPS) is 13.9. The third kappa shape index (κ3) is 8.40. The highest BCUT2D eigenvalue weighted by molar-refractivity contribution is 6.03. The first kappa shape index (κ1) is 20.5. The lowest BCUT2D eigenvalue weighted by Gasteiger charge is -2.19. The number of carbonyl (C=O) groups is 3. The van der Waals surface area contributed by atoms with Crippen LogP contribution in [0.3, 0.4) is 0 Å². The quantitative estimate of drug-likeness (QED) is 0.638. The maximum atomic E-state index is 12.1. The van der Waals surface area contributed by atoms with Gasteiger partial charge in [-0.15, -0.1) is 0 Å². The zero-order valence-corrected chi connectivity index (χ0v) is 16.0. The van der Waals surface area contributed by atoms with E-state index >= 15 is 0 Å². The molecule has 1 aliphatic carbocycles. The van der Waals surface area contributed by atoms with Gasteiger partial charge in [-0.2, -0.15) is 0 Å². The summed E-state index contributed by atoms with van der Waals surface area (Å²) in [6.07, 6.45) is 5.22. The van der Waals surface area contributed by atoms with E-state index in [9.17, 15) is 14.4 Å². The molecular weight excluding hydrogens is 346 g/mol. The average Bonchev–Trinajstić information content (AvgIpc) is 3.37. The van der Waals surface area contributed by atoms with Crippen molar-refractivity contribution in [2.75, 3.05) is 17.2 Å². The van der Waals surface area contributed by atoms with Crippen LogP contribution in [0.25, 0.3) is 0 Å². The van der Waals surface area contributed by atoms with Crippen LogP contribution in [0.4, 0.5) is 16.2 Å². The summed E-state index contributed by atoms with van der Waals surface area (Å²) >= 11 is 0.